The largest absolute Gasteiger partial charge is 0.349 e. The summed E-state index contributed by atoms with van der Waals surface area (Å²) in [6.45, 7) is 8.69. The predicted octanol–water partition coefficient (Wildman–Crippen LogP) is 6.15. The van der Waals surface area contributed by atoms with E-state index in [0.717, 1.165) is 28.6 Å². The van der Waals surface area contributed by atoms with Gasteiger partial charge in [0.15, 0.2) is 0 Å². The van der Waals surface area contributed by atoms with Crippen molar-refractivity contribution in [2.45, 2.75) is 53.0 Å². The van der Waals surface area contributed by atoms with E-state index in [2.05, 4.69) is 56.5 Å². The van der Waals surface area contributed by atoms with Gasteiger partial charge in [0.25, 0.3) is 5.91 Å². The van der Waals surface area contributed by atoms with Gasteiger partial charge in [-0.3, -0.25) is 4.79 Å². The molecular formula is C26H31N3O. The first-order valence-electron chi connectivity index (χ1n) is 11.0. The van der Waals surface area contributed by atoms with Gasteiger partial charge in [-0.15, -0.1) is 0 Å². The average molecular weight is 402 g/mol. The number of benzene rings is 2. The summed E-state index contributed by atoms with van der Waals surface area (Å²) in [7, 11) is 0. The van der Waals surface area contributed by atoms with Gasteiger partial charge < -0.3 is 10.6 Å². The molecule has 1 saturated carbocycles. The molecule has 4 heteroatoms. The molecule has 1 aliphatic carbocycles. The highest BCUT2D eigenvalue weighted by Gasteiger charge is 2.29. The van der Waals surface area contributed by atoms with Crippen molar-refractivity contribution in [3.05, 3.63) is 65.2 Å². The Morgan fingerprint density at radius 2 is 1.83 bits per heavy atom. The minimum atomic E-state index is -0.0106. The summed E-state index contributed by atoms with van der Waals surface area (Å²) >= 11 is 0. The van der Waals surface area contributed by atoms with Gasteiger partial charge in [0.1, 0.15) is 5.82 Å². The summed E-state index contributed by atoms with van der Waals surface area (Å²) in [5.41, 5.74) is 4.84. The Labute approximate surface area is 179 Å². The number of hydrogen-bond acceptors (Lipinski definition) is 3. The van der Waals surface area contributed by atoms with Gasteiger partial charge in [-0.1, -0.05) is 57.0 Å². The first-order chi connectivity index (χ1) is 14.4. The minimum Gasteiger partial charge on any atom is -0.349 e. The van der Waals surface area contributed by atoms with Crippen LogP contribution >= 0.6 is 0 Å². The molecule has 2 N–H and O–H groups in total. The van der Waals surface area contributed by atoms with E-state index in [4.69, 9.17) is 4.98 Å². The molecule has 0 spiro atoms. The number of nitrogens with one attached hydrogen (secondary N) is 2. The van der Waals surface area contributed by atoms with E-state index < -0.39 is 0 Å². The molecule has 0 radical (unpaired) electrons. The molecule has 1 aliphatic rings. The number of nitrogens with zero attached hydrogens (tertiary/aromatic N) is 1. The number of rotatable bonds is 4. The lowest BCUT2D eigenvalue weighted by molar-refractivity contribution is 0.0892. The van der Waals surface area contributed by atoms with Crippen LogP contribution in [-0.4, -0.2) is 16.9 Å². The van der Waals surface area contributed by atoms with Crippen molar-refractivity contribution in [3.8, 4) is 0 Å². The van der Waals surface area contributed by atoms with Crippen molar-refractivity contribution in [3.63, 3.8) is 0 Å². The Morgan fingerprint density at radius 3 is 2.67 bits per heavy atom. The monoisotopic (exact) mass is 401 g/mol. The topological polar surface area (TPSA) is 54.0 Å². The third-order valence-electron chi connectivity index (χ3n) is 6.64. The molecule has 30 heavy (non-hydrogen) atoms. The molecule has 0 bridgehead atoms. The summed E-state index contributed by atoms with van der Waals surface area (Å²) in [4.78, 5) is 18.1. The third-order valence-corrected chi connectivity index (χ3v) is 6.64. The second-order valence-electron chi connectivity index (χ2n) is 8.86. The van der Waals surface area contributed by atoms with Crippen LogP contribution < -0.4 is 10.6 Å². The fraction of sp³-hybridized carbons (Fsp3) is 0.385. The Bertz CT molecular complexity index is 1080. The van der Waals surface area contributed by atoms with Gasteiger partial charge in [0.05, 0.1) is 11.1 Å². The molecule has 3 atom stereocenters. The highest BCUT2D eigenvalue weighted by atomic mass is 16.1. The Balaban J connectivity index is 1.68. The van der Waals surface area contributed by atoms with E-state index in [1.807, 2.05) is 30.3 Å². The number of pyridine rings is 1. The van der Waals surface area contributed by atoms with Crippen LogP contribution in [0.1, 0.15) is 54.6 Å². The fourth-order valence-electron chi connectivity index (χ4n) is 4.47. The third kappa shape index (κ3) is 4.18. The number of carbonyl (C=O) groups is 1. The lowest BCUT2D eigenvalue weighted by atomic mass is 9.78. The second kappa shape index (κ2) is 8.47. The highest BCUT2D eigenvalue weighted by molar-refractivity contribution is 6.07. The zero-order valence-electron chi connectivity index (χ0n) is 18.3. The number of amides is 1. The molecule has 1 heterocycles. The number of fused-ring (bicyclic) bond motifs is 1. The van der Waals surface area contributed by atoms with Crippen LogP contribution in [-0.2, 0) is 0 Å². The maximum absolute atomic E-state index is 13.3. The molecule has 3 aromatic rings. The zero-order chi connectivity index (χ0) is 21.3. The molecule has 2 aromatic carbocycles. The molecule has 1 fully saturated rings. The smallest absolute Gasteiger partial charge is 0.252 e. The van der Waals surface area contributed by atoms with Crippen molar-refractivity contribution in [1.82, 2.24) is 10.3 Å². The molecule has 4 nitrogen and oxygen atoms in total. The van der Waals surface area contributed by atoms with E-state index in [0.29, 0.717) is 23.2 Å². The van der Waals surface area contributed by atoms with Gasteiger partial charge in [-0.2, -0.15) is 0 Å². The van der Waals surface area contributed by atoms with E-state index in [-0.39, 0.29) is 11.9 Å². The summed E-state index contributed by atoms with van der Waals surface area (Å²) < 4.78 is 0. The van der Waals surface area contributed by atoms with Crippen LogP contribution in [0.2, 0.25) is 0 Å². The highest BCUT2D eigenvalue weighted by Crippen LogP contribution is 2.30. The first kappa shape index (κ1) is 20.4. The Hall–Kier alpha value is -2.88. The van der Waals surface area contributed by atoms with E-state index >= 15 is 0 Å². The van der Waals surface area contributed by atoms with Gasteiger partial charge in [0, 0.05) is 17.1 Å². The summed E-state index contributed by atoms with van der Waals surface area (Å²) in [6.07, 6.45) is 3.47. The van der Waals surface area contributed by atoms with E-state index in [1.54, 1.807) is 0 Å². The van der Waals surface area contributed by atoms with Gasteiger partial charge >= 0.3 is 0 Å². The van der Waals surface area contributed by atoms with Crippen LogP contribution in [0.4, 0.5) is 11.5 Å². The molecular weight excluding hydrogens is 370 g/mol. The molecule has 0 saturated heterocycles. The van der Waals surface area contributed by atoms with E-state index in [9.17, 15) is 4.79 Å². The van der Waals surface area contributed by atoms with E-state index in [1.165, 1.54) is 18.4 Å². The lowest BCUT2D eigenvalue weighted by Gasteiger charge is -2.34. The van der Waals surface area contributed by atoms with Crippen LogP contribution in [0.15, 0.2) is 48.5 Å². The molecule has 0 aliphatic heterocycles. The molecule has 1 amide bonds. The van der Waals surface area contributed by atoms with Crippen LogP contribution in [0.25, 0.3) is 10.9 Å². The lowest BCUT2D eigenvalue weighted by Crippen LogP contribution is -2.43. The average Bonchev–Trinajstić information content (AvgIpc) is 2.73. The Kier molecular flexibility index (Phi) is 5.76. The first-order valence-corrected chi connectivity index (χ1v) is 11.0. The molecule has 156 valence electrons. The number of hydrogen-bond donors (Lipinski definition) is 2. The van der Waals surface area contributed by atoms with Crippen molar-refractivity contribution in [2.75, 3.05) is 5.32 Å². The van der Waals surface area contributed by atoms with Gasteiger partial charge in [0.2, 0.25) is 0 Å². The zero-order valence-corrected chi connectivity index (χ0v) is 18.3. The predicted molar refractivity (Wildman–Crippen MR) is 124 cm³/mol. The number of anilines is 2. The summed E-state index contributed by atoms with van der Waals surface area (Å²) in [5, 5.41) is 7.64. The molecule has 4 rings (SSSR count). The fourth-order valence-corrected chi connectivity index (χ4v) is 4.47. The molecule has 1 aromatic heterocycles. The van der Waals surface area contributed by atoms with Crippen LogP contribution in [0.3, 0.4) is 0 Å². The van der Waals surface area contributed by atoms with Crippen molar-refractivity contribution >= 4 is 28.3 Å². The van der Waals surface area contributed by atoms with Crippen molar-refractivity contribution in [2.24, 2.45) is 11.8 Å². The number of para-hydroxylation sites is 1. The summed E-state index contributed by atoms with van der Waals surface area (Å²) in [5.74, 6) is 1.81. The van der Waals surface area contributed by atoms with Gasteiger partial charge in [-0.25, -0.2) is 4.98 Å². The maximum atomic E-state index is 13.3. The summed E-state index contributed by atoms with van der Waals surface area (Å²) in [6, 6.07) is 16.3. The van der Waals surface area contributed by atoms with Crippen LogP contribution in [0, 0.1) is 25.7 Å². The van der Waals surface area contributed by atoms with Crippen LogP contribution in [0.5, 0.6) is 0 Å². The Morgan fingerprint density at radius 1 is 1.03 bits per heavy atom. The van der Waals surface area contributed by atoms with Gasteiger partial charge in [-0.05, 0) is 61.4 Å². The number of aryl methyl sites for hydroxylation is 2. The standard InChI is InChI=1S/C26H31N3O/c1-16-12-13-18(3)24(14-16)28-25-15-21(20-9-5-6-10-23(20)27-25)26(30)29-22-11-7-8-17(2)19(22)4/h5-6,9-10,12-15,17,19,22H,7-8,11H2,1-4H3,(H,27,28)(H,29,30)/t17-,19-,22-/m1/s1. The normalized spacial score (nSPS) is 21.4. The molecule has 0 unspecified atom stereocenters. The maximum Gasteiger partial charge on any atom is 0.252 e. The SMILES string of the molecule is Cc1ccc(C)c(Nc2cc(C(=O)N[C@@H]3CCC[C@@H](C)[C@H]3C)c3ccccc3n2)c1. The van der Waals surface area contributed by atoms with Crippen molar-refractivity contribution < 1.29 is 4.79 Å². The quantitative estimate of drug-likeness (QED) is 0.551. The van der Waals surface area contributed by atoms with Crippen molar-refractivity contribution in [1.29, 1.82) is 0 Å². The second-order valence-corrected chi connectivity index (χ2v) is 8.86. The number of aromatic nitrogens is 1. The minimum absolute atomic E-state index is 0.0106. The number of carbonyl (C=O) groups excluding carboxylic acids is 1.